The summed E-state index contributed by atoms with van der Waals surface area (Å²) in [4.78, 5) is 25.6. The number of piperidine rings is 1. The van der Waals surface area contributed by atoms with Crippen LogP contribution in [0.25, 0.3) is 0 Å². The van der Waals surface area contributed by atoms with Crippen LogP contribution in [0, 0.1) is 5.92 Å². The van der Waals surface area contributed by atoms with Gasteiger partial charge < -0.3 is 15.0 Å². The molecule has 1 atom stereocenters. The number of hydrogen-bond donors (Lipinski definition) is 1. The van der Waals surface area contributed by atoms with Crippen LogP contribution in [0.4, 0.5) is 0 Å². The van der Waals surface area contributed by atoms with Crippen molar-refractivity contribution in [3.05, 3.63) is 0 Å². The first-order chi connectivity index (χ1) is 8.83. The Bertz CT molecular complexity index is 323. The van der Waals surface area contributed by atoms with Crippen molar-refractivity contribution in [2.45, 2.75) is 46.1 Å². The van der Waals surface area contributed by atoms with Crippen molar-refractivity contribution in [3.8, 4) is 0 Å². The summed E-state index contributed by atoms with van der Waals surface area (Å²) in [6.45, 7) is 9.82. The van der Waals surface area contributed by atoms with Crippen LogP contribution in [0.15, 0.2) is 0 Å². The van der Waals surface area contributed by atoms with Gasteiger partial charge in [0.15, 0.2) is 0 Å². The number of esters is 1. The van der Waals surface area contributed by atoms with E-state index in [0.717, 1.165) is 19.4 Å². The highest BCUT2D eigenvalue weighted by atomic mass is 16.5. The summed E-state index contributed by atoms with van der Waals surface area (Å²) in [5, 5.41) is 3.18. The van der Waals surface area contributed by atoms with Gasteiger partial charge in [0.25, 0.3) is 0 Å². The van der Waals surface area contributed by atoms with Crippen LogP contribution in [0.1, 0.15) is 40.5 Å². The summed E-state index contributed by atoms with van der Waals surface area (Å²) < 4.78 is 5.03. The van der Waals surface area contributed by atoms with Crippen molar-refractivity contribution in [1.82, 2.24) is 10.2 Å². The van der Waals surface area contributed by atoms with Gasteiger partial charge in [-0.15, -0.1) is 0 Å². The van der Waals surface area contributed by atoms with E-state index in [1.165, 1.54) is 0 Å². The summed E-state index contributed by atoms with van der Waals surface area (Å²) in [5.74, 6) is -0.278. The van der Waals surface area contributed by atoms with Gasteiger partial charge in [-0.1, -0.05) is 0 Å². The first-order valence-electron chi connectivity index (χ1n) is 7.03. The van der Waals surface area contributed by atoms with Gasteiger partial charge in [-0.2, -0.15) is 0 Å². The van der Waals surface area contributed by atoms with Crippen molar-refractivity contribution in [2.24, 2.45) is 5.92 Å². The van der Waals surface area contributed by atoms with Crippen LogP contribution in [0.3, 0.4) is 0 Å². The largest absolute Gasteiger partial charge is 0.466 e. The molecule has 5 heteroatoms. The highest BCUT2D eigenvalue weighted by Crippen LogP contribution is 2.18. The number of nitrogens with zero attached hydrogens (tertiary/aromatic N) is 1. The number of carbonyl (C=O) groups excluding carboxylic acids is 2. The molecule has 0 radical (unpaired) electrons. The van der Waals surface area contributed by atoms with Crippen LogP contribution in [0.2, 0.25) is 0 Å². The number of amides is 1. The molecule has 0 saturated carbocycles. The molecule has 1 amide bonds. The Balaban J connectivity index is 2.45. The van der Waals surface area contributed by atoms with E-state index >= 15 is 0 Å². The van der Waals surface area contributed by atoms with Crippen LogP contribution in [0.5, 0.6) is 0 Å². The number of nitrogens with one attached hydrogen (secondary N) is 1. The molecule has 1 aliphatic heterocycles. The fourth-order valence-corrected chi connectivity index (χ4v) is 2.11. The maximum atomic E-state index is 12.1. The van der Waals surface area contributed by atoms with Gasteiger partial charge in [0.2, 0.25) is 5.91 Å². The second-order valence-corrected chi connectivity index (χ2v) is 6.03. The maximum absolute atomic E-state index is 12.1. The smallest absolute Gasteiger partial charge is 0.310 e. The lowest BCUT2D eigenvalue weighted by atomic mass is 9.98. The Morgan fingerprint density at radius 1 is 1.37 bits per heavy atom. The molecule has 0 aliphatic carbocycles. The molecule has 1 fully saturated rings. The molecule has 0 spiro atoms. The fourth-order valence-electron chi connectivity index (χ4n) is 2.11. The van der Waals surface area contributed by atoms with E-state index in [1.807, 2.05) is 20.8 Å². The van der Waals surface area contributed by atoms with Crippen LogP contribution >= 0.6 is 0 Å². The van der Waals surface area contributed by atoms with Crippen molar-refractivity contribution >= 4 is 11.9 Å². The number of ether oxygens (including phenoxy) is 1. The lowest BCUT2D eigenvalue weighted by molar-refractivity contribution is -0.151. The van der Waals surface area contributed by atoms with Crippen LogP contribution < -0.4 is 5.32 Å². The normalized spacial score (nSPS) is 20.2. The molecule has 1 rings (SSSR count). The molecule has 0 aromatic rings. The van der Waals surface area contributed by atoms with E-state index in [0.29, 0.717) is 19.7 Å². The molecule has 0 aromatic heterocycles. The third-order valence-corrected chi connectivity index (χ3v) is 3.16. The molecule has 19 heavy (non-hydrogen) atoms. The second-order valence-electron chi connectivity index (χ2n) is 6.03. The first kappa shape index (κ1) is 16.0. The monoisotopic (exact) mass is 270 g/mol. The summed E-state index contributed by atoms with van der Waals surface area (Å²) in [5.41, 5.74) is -0.0774. The summed E-state index contributed by atoms with van der Waals surface area (Å²) >= 11 is 0. The van der Waals surface area contributed by atoms with E-state index in [4.69, 9.17) is 4.74 Å². The van der Waals surface area contributed by atoms with Crippen molar-refractivity contribution in [3.63, 3.8) is 0 Å². The van der Waals surface area contributed by atoms with Crippen LogP contribution in [-0.4, -0.2) is 48.6 Å². The van der Waals surface area contributed by atoms with E-state index in [2.05, 4.69) is 5.32 Å². The molecule has 0 bridgehead atoms. The Morgan fingerprint density at radius 2 is 2.05 bits per heavy atom. The van der Waals surface area contributed by atoms with Crippen molar-refractivity contribution in [2.75, 3.05) is 26.2 Å². The van der Waals surface area contributed by atoms with Gasteiger partial charge >= 0.3 is 5.97 Å². The fraction of sp³-hybridized carbons (Fsp3) is 0.857. The van der Waals surface area contributed by atoms with Gasteiger partial charge in [-0.05, 0) is 40.5 Å². The lowest BCUT2D eigenvalue weighted by Crippen LogP contribution is -2.49. The maximum Gasteiger partial charge on any atom is 0.310 e. The Morgan fingerprint density at radius 3 is 2.63 bits per heavy atom. The highest BCUT2D eigenvalue weighted by Gasteiger charge is 2.29. The molecular formula is C14H26N2O3. The standard InChI is InChI=1S/C14H26N2O3/c1-5-19-13(18)11-7-6-8-16(10-11)12(17)9-15-14(2,3)4/h11,15H,5-10H2,1-4H3. The average Bonchev–Trinajstić information content (AvgIpc) is 2.35. The zero-order valence-corrected chi connectivity index (χ0v) is 12.5. The number of likely N-dealkylation sites (tertiary alicyclic amines) is 1. The highest BCUT2D eigenvalue weighted by molar-refractivity contribution is 5.80. The third kappa shape index (κ3) is 5.59. The summed E-state index contributed by atoms with van der Waals surface area (Å²) in [6, 6.07) is 0. The third-order valence-electron chi connectivity index (χ3n) is 3.16. The quantitative estimate of drug-likeness (QED) is 0.779. The molecule has 1 N–H and O–H groups in total. The summed E-state index contributed by atoms with van der Waals surface area (Å²) in [7, 11) is 0. The molecule has 1 aliphatic rings. The predicted molar refractivity (Wildman–Crippen MR) is 73.7 cm³/mol. The minimum Gasteiger partial charge on any atom is -0.466 e. The predicted octanol–water partition coefficient (Wildman–Crippen LogP) is 1.18. The molecule has 5 nitrogen and oxygen atoms in total. The minimum absolute atomic E-state index is 0.0592. The minimum atomic E-state index is -0.177. The first-order valence-corrected chi connectivity index (χ1v) is 7.03. The van der Waals surface area contributed by atoms with Gasteiger partial charge in [0.05, 0.1) is 19.1 Å². The Hall–Kier alpha value is -1.10. The molecule has 0 aromatic carbocycles. The van der Waals surface area contributed by atoms with E-state index in [1.54, 1.807) is 11.8 Å². The Kier molecular flexibility index (Phi) is 5.79. The molecule has 1 heterocycles. The van der Waals surface area contributed by atoms with Gasteiger partial charge in [-0.3, -0.25) is 9.59 Å². The molecule has 1 unspecified atom stereocenters. The second kappa shape index (κ2) is 6.89. The van der Waals surface area contributed by atoms with E-state index in [-0.39, 0.29) is 23.3 Å². The van der Waals surface area contributed by atoms with Crippen LogP contribution in [-0.2, 0) is 14.3 Å². The summed E-state index contributed by atoms with van der Waals surface area (Å²) in [6.07, 6.45) is 1.68. The van der Waals surface area contributed by atoms with Crippen molar-refractivity contribution < 1.29 is 14.3 Å². The number of hydrogen-bond acceptors (Lipinski definition) is 4. The van der Waals surface area contributed by atoms with Gasteiger partial charge in [0.1, 0.15) is 0 Å². The lowest BCUT2D eigenvalue weighted by Gasteiger charge is -2.32. The SMILES string of the molecule is CCOC(=O)C1CCCN(C(=O)CNC(C)(C)C)C1. The van der Waals surface area contributed by atoms with E-state index < -0.39 is 0 Å². The zero-order valence-electron chi connectivity index (χ0n) is 12.5. The number of rotatable bonds is 4. The molecule has 110 valence electrons. The zero-order chi connectivity index (χ0) is 14.5. The van der Waals surface area contributed by atoms with E-state index in [9.17, 15) is 9.59 Å². The van der Waals surface area contributed by atoms with Gasteiger partial charge in [0, 0.05) is 18.6 Å². The molecular weight excluding hydrogens is 244 g/mol. The van der Waals surface area contributed by atoms with Crippen molar-refractivity contribution in [1.29, 1.82) is 0 Å². The average molecular weight is 270 g/mol. The number of carbonyl (C=O) groups is 2. The van der Waals surface area contributed by atoms with Gasteiger partial charge in [-0.25, -0.2) is 0 Å². The Labute approximate surface area is 115 Å². The molecule has 1 saturated heterocycles. The topological polar surface area (TPSA) is 58.6 Å².